The lowest BCUT2D eigenvalue weighted by atomic mass is 10.1. The van der Waals surface area contributed by atoms with Gasteiger partial charge in [-0.1, -0.05) is 0 Å². The fraction of sp³-hybridized carbons (Fsp3) is 0.533. The second-order valence-corrected chi connectivity index (χ2v) is 7.47. The second-order valence-electron chi connectivity index (χ2n) is 7.13. The quantitative estimate of drug-likeness (QED) is 0.581. The van der Waals surface area contributed by atoms with E-state index in [-0.39, 0.29) is 23.3 Å². The summed E-state index contributed by atoms with van der Waals surface area (Å²) in [6, 6.07) is 0. The Hall–Kier alpha value is -2.54. The standard InChI is InChI=1S/C15H18ClN9O3/c1-15(2)27-8-6(3-25-14(18)19-4-21-25)26-12(9(8)28-15)24-5-20-7-10(17)22-13(16)23-11(7)24/h4-6,8-9,12H,3H2,1-2H3,(H2,17,22,23)(H2,18,19,21)/t6-,8-,9-,12-/m1/s1. The van der Waals surface area contributed by atoms with Gasteiger partial charge in [-0.3, -0.25) is 4.57 Å². The summed E-state index contributed by atoms with van der Waals surface area (Å²) in [5, 5.41) is 4.15. The number of imidazole rings is 1. The number of nitrogens with two attached hydrogens (primary N) is 2. The molecule has 28 heavy (non-hydrogen) atoms. The molecular weight excluding hydrogens is 390 g/mol. The first-order valence-electron chi connectivity index (χ1n) is 8.62. The minimum atomic E-state index is -0.772. The van der Waals surface area contributed by atoms with Crippen LogP contribution in [0.3, 0.4) is 0 Å². The first-order chi connectivity index (χ1) is 13.3. The highest BCUT2D eigenvalue weighted by molar-refractivity contribution is 6.28. The van der Waals surface area contributed by atoms with Gasteiger partial charge in [0.15, 0.2) is 23.5 Å². The van der Waals surface area contributed by atoms with Crippen LogP contribution < -0.4 is 11.5 Å². The van der Waals surface area contributed by atoms with E-state index in [9.17, 15) is 0 Å². The molecule has 13 heteroatoms. The van der Waals surface area contributed by atoms with Crippen molar-refractivity contribution in [2.24, 2.45) is 0 Å². The molecule has 0 aliphatic carbocycles. The van der Waals surface area contributed by atoms with E-state index in [1.165, 1.54) is 6.33 Å². The van der Waals surface area contributed by atoms with Crippen molar-refractivity contribution in [1.29, 1.82) is 0 Å². The summed E-state index contributed by atoms with van der Waals surface area (Å²) < 4.78 is 21.8. The van der Waals surface area contributed by atoms with E-state index in [1.54, 1.807) is 15.6 Å². The lowest BCUT2D eigenvalue weighted by molar-refractivity contribution is -0.197. The molecule has 3 aromatic heterocycles. The monoisotopic (exact) mass is 407 g/mol. The molecule has 4 N–H and O–H groups in total. The topological polar surface area (TPSA) is 154 Å². The van der Waals surface area contributed by atoms with Gasteiger partial charge in [-0.05, 0) is 25.4 Å². The van der Waals surface area contributed by atoms with Gasteiger partial charge in [0, 0.05) is 0 Å². The Kier molecular flexibility index (Phi) is 3.75. The van der Waals surface area contributed by atoms with Crippen molar-refractivity contribution in [3.8, 4) is 0 Å². The SMILES string of the molecule is CC1(C)O[C@@H]2[C@H](O1)[C@@H](Cn1ncnc1N)O[C@H]2n1cnc2c(N)nc(Cl)nc21. The zero-order valence-electron chi connectivity index (χ0n) is 15.1. The lowest BCUT2D eigenvalue weighted by Gasteiger charge is -2.24. The Morgan fingerprint density at radius 3 is 2.71 bits per heavy atom. The van der Waals surface area contributed by atoms with Gasteiger partial charge in [-0.15, -0.1) is 0 Å². The largest absolute Gasteiger partial charge is 0.382 e. The van der Waals surface area contributed by atoms with Crippen LogP contribution in [0.2, 0.25) is 5.28 Å². The van der Waals surface area contributed by atoms with E-state index in [0.29, 0.717) is 23.7 Å². The van der Waals surface area contributed by atoms with Crippen LogP contribution in [0.5, 0.6) is 0 Å². The van der Waals surface area contributed by atoms with Crippen LogP contribution in [0.4, 0.5) is 11.8 Å². The summed E-state index contributed by atoms with van der Waals surface area (Å²) in [6.07, 6.45) is 1.27. The number of nitrogens with zero attached hydrogens (tertiary/aromatic N) is 7. The zero-order chi connectivity index (χ0) is 19.6. The molecule has 2 fully saturated rings. The van der Waals surface area contributed by atoms with Crippen molar-refractivity contribution in [1.82, 2.24) is 34.3 Å². The number of aromatic nitrogens is 7. The molecule has 0 saturated carbocycles. The van der Waals surface area contributed by atoms with Crippen molar-refractivity contribution in [3.63, 3.8) is 0 Å². The Balaban J connectivity index is 1.54. The normalized spacial score (nSPS) is 28.8. The van der Waals surface area contributed by atoms with Gasteiger partial charge in [-0.25, -0.2) is 14.6 Å². The van der Waals surface area contributed by atoms with Crippen LogP contribution in [0.15, 0.2) is 12.7 Å². The van der Waals surface area contributed by atoms with Crippen LogP contribution >= 0.6 is 11.6 Å². The van der Waals surface area contributed by atoms with E-state index in [4.69, 9.17) is 37.3 Å². The molecule has 4 atom stereocenters. The third-order valence-corrected chi connectivity index (χ3v) is 4.99. The minimum absolute atomic E-state index is 0.0251. The maximum absolute atomic E-state index is 6.27. The van der Waals surface area contributed by atoms with Crippen molar-refractivity contribution in [2.75, 3.05) is 11.5 Å². The molecule has 0 amide bonds. The number of anilines is 2. The maximum Gasteiger partial charge on any atom is 0.226 e. The summed E-state index contributed by atoms with van der Waals surface area (Å²) in [5.74, 6) is -0.285. The fourth-order valence-electron chi connectivity index (χ4n) is 3.71. The van der Waals surface area contributed by atoms with Crippen LogP contribution in [0, 0.1) is 0 Å². The predicted octanol–water partition coefficient (Wildman–Crippen LogP) is 0.353. The third kappa shape index (κ3) is 2.68. The first kappa shape index (κ1) is 17.6. The molecule has 0 aromatic carbocycles. The number of fused-ring (bicyclic) bond motifs is 2. The lowest BCUT2D eigenvalue weighted by Crippen LogP contribution is -2.33. The molecule has 0 unspecified atom stereocenters. The molecular formula is C15H18ClN9O3. The van der Waals surface area contributed by atoms with Gasteiger partial charge in [0.2, 0.25) is 11.2 Å². The number of rotatable bonds is 3. The highest BCUT2D eigenvalue weighted by Gasteiger charge is 2.56. The zero-order valence-corrected chi connectivity index (χ0v) is 15.8. The number of hydrogen-bond acceptors (Lipinski definition) is 10. The number of ether oxygens (including phenoxy) is 3. The van der Waals surface area contributed by atoms with Gasteiger partial charge in [0.1, 0.15) is 30.2 Å². The van der Waals surface area contributed by atoms with Gasteiger partial charge >= 0.3 is 0 Å². The Morgan fingerprint density at radius 2 is 1.96 bits per heavy atom. The van der Waals surface area contributed by atoms with Crippen LogP contribution in [-0.2, 0) is 20.8 Å². The average molecular weight is 408 g/mol. The number of nitrogen functional groups attached to an aromatic ring is 2. The van der Waals surface area contributed by atoms with Crippen molar-refractivity contribution in [3.05, 3.63) is 17.9 Å². The van der Waals surface area contributed by atoms with E-state index in [1.807, 2.05) is 13.8 Å². The second kappa shape index (κ2) is 5.98. The Bertz CT molecular complexity index is 1050. The van der Waals surface area contributed by atoms with Crippen LogP contribution in [0.1, 0.15) is 20.1 Å². The number of hydrogen-bond donors (Lipinski definition) is 2. The third-order valence-electron chi connectivity index (χ3n) is 4.82. The van der Waals surface area contributed by atoms with Gasteiger partial charge in [0.05, 0.1) is 12.9 Å². The summed E-state index contributed by atoms with van der Waals surface area (Å²) in [5.41, 5.74) is 12.7. The average Bonchev–Trinajstić information content (AvgIpc) is 3.33. The van der Waals surface area contributed by atoms with Crippen LogP contribution in [-0.4, -0.2) is 58.4 Å². The van der Waals surface area contributed by atoms with Crippen LogP contribution in [0.25, 0.3) is 11.2 Å². The van der Waals surface area contributed by atoms with E-state index < -0.39 is 18.1 Å². The maximum atomic E-state index is 6.27. The fourth-order valence-corrected chi connectivity index (χ4v) is 3.88. The summed E-state index contributed by atoms with van der Waals surface area (Å²) in [7, 11) is 0. The Labute approximate surface area is 163 Å². The minimum Gasteiger partial charge on any atom is -0.382 e. The predicted molar refractivity (Wildman–Crippen MR) is 96.9 cm³/mol. The molecule has 0 radical (unpaired) electrons. The van der Waals surface area contributed by atoms with E-state index in [2.05, 4.69) is 25.0 Å². The van der Waals surface area contributed by atoms with Crippen molar-refractivity contribution in [2.45, 2.75) is 50.7 Å². The molecule has 148 valence electrons. The van der Waals surface area contributed by atoms with Crippen molar-refractivity contribution < 1.29 is 14.2 Å². The molecule has 2 aliphatic heterocycles. The molecule has 12 nitrogen and oxygen atoms in total. The molecule has 0 bridgehead atoms. The van der Waals surface area contributed by atoms with E-state index >= 15 is 0 Å². The van der Waals surface area contributed by atoms with Gasteiger partial charge in [-0.2, -0.15) is 15.1 Å². The molecule has 2 saturated heterocycles. The summed E-state index contributed by atoms with van der Waals surface area (Å²) >= 11 is 5.98. The highest BCUT2D eigenvalue weighted by Crippen LogP contribution is 2.44. The summed E-state index contributed by atoms with van der Waals surface area (Å²) in [6.45, 7) is 4.06. The van der Waals surface area contributed by atoms with Gasteiger partial charge < -0.3 is 25.7 Å². The van der Waals surface area contributed by atoms with E-state index in [0.717, 1.165) is 0 Å². The first-order valence-corrected chi connectivity index (χ1v) is 9.00. The van der Waals surface area contributed by atoms with Gasteiger partial charge in [0.25, 0.3) is 0 Å². The molecule has 5 heterocycles. The smallest absolute Gasteiger partial charge is 0.226 e. The molecule has 2 aliphatic rings. The van der Waals surface area contributed by atoms with Crippen molar-refractivity contribution >= 4 is 34.5 Å². The highest BCUT2D eigenvalue weighted by atomic mass is 35.5. The Morgan fingerprint density at radius 1 is 1.18 bits per heavy atom. The molecule has 3 aromatic rings. The number of halogens is 1. The molecule has 0 spiro atoms. The summed E-state index contributed by atoms with van der Waals surface area (Å²) in [4.78, 5) is 16.4. The molecule has 5 rings (SSSR count).